The van der Waals surface area contributed by atoms with Crippen LogP contribution in [0.5, 0.6) is 0 Å². The molecule has 0 saturated carbocycles. The van der Waals surface area contributed by atoms with E-state index in [4.69, 9.17) is 16.2 Å². The van der Waals surface area contributed by atoms with Crippen LogP contribution in [0, 0.1) is 0 Å². The number of rotatable bonds is 15. The van der Waals surface area contributed by atoms with E-state index in [1.165, 1.54) is 0 Å². The van der Waals surface area contributed by atoms with E-state index in [1.54, 1.807) is 0 Å². The first-order chi connectivity index (χ1) is 21.9. The van der Waals surface area contributed by atoms with Crippen LogP contribution >= 0.6 is 0 Å². The first kappa shape index (κ1) is 31.5. The molecule has 10 heteroatoms. The van der Waals surface area contributed by atoms with Crippen LogP contribution in [-0.2, 0) is 38.6 Å². The van der Waals surface area contributed by atoms with E-state index in [-0.39, 0.29) is 19.4 Å². The topological polar surface area (TPSA) is 168 Å². The van der Waals surface area contributed by atoms with Crippen molar-refractivity contribution in [3.63, 3.8) is 0 Å². The highest BCUT2D eigenvalue weighted by atomic mass is 16.5. The van der Waals surface area contributed by atoms with Crippen molar-refractivity contribution in [2.45, 2.75) is 56.8 Å². The van der Waals surface area contributed by atoms with Gasteiger partial charge in [0.25, 0.3) is 0 Å². The van der Waals surface area contributed by atoms with Gasteiger partial charge in [-0.1, -0.05) is 73.2 Å². The molecule has 0 saturated heterocycles. The van der Waals surface area contributed by atoms with Crippen LogP contribution in [-0.4, -0.2) is 52.4 Å². The highest BCUT2D eigenvalue weighted by Gasteiger charge is 2.30. The van der Waals surface area contributed by atoms with Gasteiger partial charge in [-0.05, 0) is 48.2 Å². The Kier molecular flexibility index (Phi) is 10.6. The summed E-state index contributed by atoms with van der Waals surface area (Å²) in [5.41, 5.74) is 16.2. The molecular formula is C35H40N6O4. The summed E-state index contributed by atoms with van der Waals surface area (Å²) in [7, 11) is 0. The Morgan fingerprint density at radius 1 is 0.711 bits per heavy atom. The van der Waals surface area contributed by atoms with Crippen molar-refractivity contribution in [3.8, 4) is 0 Å². The number of nitrogens with one attached hydrogen (secondary N) is 4. The van der Waals surface area contributed by atoms with E-state index in [1.807, 2.05) is 91.3 Å². The maximum atomic E-state index is 14.0. The Hall–Kier alpha value is -4.93. The summed E-state index contributed by atoms with van der Waals surface area (Å²) in [5, 5.41) is 7.64. The number of esters is 1. The standard InChI is InChI=1S/C35H40N6O4/c36-17-9-8-14-28(37)33(42)40-31(18-24-20-38-29-15-6-4-12-26(24)29)34(43)41-32(35(44)45-22-23-10-2-1-3-11-23)19-25-21-39-30-16-7-5-13-27(25)30/h1-7,10-13,15-16,20-21,28,31-32,38-39H,8-9,14,17-19,22,36-37H2,(H,40,42)(H,41,43)/t28-,31-,32-/m0/s1. The first-order valence-electron chi connectivity index (χ1n) is 15.3. The smallest absolute Gasteiger partial charge is 0.329 e. The predicted molar refractivity (Wildman–Crippen MR) is 175 cm³/mol. The van der Waals surface area contributed by atoms with Crippen LogP contribution in [0.25, 0.3) is 21.8 Å². The van der Waals surface area contributed by atoms with Crippen LogP contribution in [0.15, 0.2) is 91.3 Å². The molecule has 0 fully saturated rings. The van der Waals surface area contributed by atoms with Gasteiger partial charge in [0.05, 0.1) is 6.04 Å². The Labute approximate surface area is 261 Å². The number of para-hydroxylation sites is 2. The van der Waals surface area contributed by atoms with E-state index in [0.717, 1.165) is 44.9 Å². The zero-order valence-corrected chi connectivity index (χ0v) is 25.1. The summed E-state index contributed by atoms with van der Waals surface area (Å²) >= 11 is 0. The number of aromatic amines is 2. The molecule has 3 aromatic carbocycles. The molecule has 0 radical (unpaired) electrons. The number of amides is 2. The summed E-state index contributed by atoms with van der Waals surface area (Å²) in [4.78, 5) is 47.2. The van der Waals surface area contributed by atoms with Gasteiger partial charge in [0.2, 0.25) is 11.8 Å². The molecule has 0 bridgehead atoms. The van der Waals surface area contributed by atoms with Crippen LogP contribution in [0.2, 0.25) is 0 Å². The molecule has 2 amide bonds. The molecule has 234 valence electrons. The van der Waals surface area contributed by atoms with Crippen molar-refractivity contribution in [2.24, 2.45) is 11.5 Å². The molecule has 2 heterocycles. The molecule has 45 heavy (non-hydrogen) atoms. The second-order valence-electron chi connectivity index (χ2n) is 11.2. The summed E-state index contributed by atoms with van der Waals surface area (Å²) in [6, 6.07) is 22.0. The highest BCUT2D eigenvalue weighted by molar-refractivity contribution is 5.93. The maximum absolute atomic E-state index is 14.0. The SMILES string of the molecule is NCCCC[C@H](N)C(=O)N[C@@H](Cc1c[nH]c2ccccc12)C(=O)N[C@@H](Cc1c[nH]c2ccccc12)C(=O)OCc1ccccc1. The Morgan fingerprint density at radius 3 is 1.89 bits per heavy atom. The number of carbonyl (C=O) groups is 3. The van der Waals surface area contributed by atoms with Crippen LogP contribution < -0.4 is 22.1 Å². The third-order valence-electron chi connectivity index (χ3n) is 7.96. The number of nitrogens with two attached hydrogens (primary N) is 2. The molecule has 10 nitrogen and oxygen atoms in total. The van der Waals surface area contributed by atoms with Crippen molar-refractivity contribution in [1.82, 2.24) is 20.6 Å². The van der Waals surface area contributed by atoms with E-state index in [9.17, 15) is 14.4 Å². The van der Waals surface area contributed by atoms with Gasteiger partial charge in [-0.25, -0.2) is 4.79 Å². The van der Waals surface area contributed by atoms with Crippen molar-refractivity contribution < 1.29 is 19.1 Å². The zero-order valence-electron chi connectivity index (χ0n) is 25.1. The van der Waals surface area contributed by atoms with Gasteiger partial charge in [0.15, 0.2) is 0 Å². The lowest BCUT2D eigenvalue weighted by Crippen LogP contribution is -2.55. The first-order valence-corrected chi connectivity index (χ1v) is 15.3. The fourth-order valence-electron chi connectivity index (χ4n) is 5.46. The number of aromatic nitrogens is 2. The number of benzene rings is 3. The number of hydrogen-bond donors (Lipinski definition) is 6. The maximum Gasteiger partial charge on any atom is 0.329 e. The number of carbonyl (C=O) groups excluding carboxylic acids is 3. The molecule has 3 atom stereocenters. The van der Waals surface area contributed by atoms with Gasteiger partial charge < -0.3 is 36.8 Å². The third-order valence-corrected chi connectivity index (χ3v) is 7.96. The number of unbranched alkanes of at least 4 members (excludes halogenated alkanes) is 1. The van der Waals surface area contributed by atoms with Crippen molar-refractivity contribution in [3.05, 3.63) is 108 Å². The van der Waals surface area contributed by atoms with Gasteiger partial charge in [-0.2, -0.15) is 0 Å². The average Bonchev–Trinajstić information content (AvgIpc) is 3.67. The van der Waals surface area contributed by atoms with Gasteiger partial charge in [-0.15, -0.1) is 0 Å². The number of H-pyrrole nitrogens is 2. The Bertz CT molecular complexity index is 1730. The fraction of sp³-hybridized carbons (Fsp3) is 0.286. The largest absolute Gasteiger partial charge is 0.459 e. The van der Waals surface area contributed by atoms with Crippen LogP contribution in [0.3, 0.4) is 0 Å². The Morgan fingerprint density at radius 2 is 1.27 bits per heavy atom. The van der Waals surface area contributed by atoms with E-state index < -0.39 is 35.9 Å². The fourth-order valence-corrected chi connectivity index (χ4v) is 5.46. The van der Waals surface area contributed by atoms with Crippen molar-refractivity contribution in [2.75, 3.05) is 6.54 Å². The molecule has 2 aromatic heterocycles. The quantitative estimate of drug-likeness (QED) is 0.0784. The van der Waals surface area contributed by atoms with E-state index in [0.29, 0.717) is 19.4 Å². The van der Waals surface area contributed by atoms with Crippen molar-refractivity contribution in [1.29, 1.82) is 0 Å². The minimum absolute atomic E-state index is 0.0626. The van der Waals surface area contributed by atoms with Crippen LogP contribution in [0.1, 0.15) is 36.0 Å². The Balaban J connectivity index is 1.38. The minimum atomic E-state index is -1.01. The zero-order chi connectivity index (χ0) is 31.6. The molecule has 0 aliphatic carbocycles. The second kappa shape index (κ2) is 15.2. The molecule has 0 unspecified atom stereocenters. The van der Waals surface area contributed by atoms with E-state index in [2.05, 4.69) is 20.6 Å². The summed E-state index contributed by atoms with van der Waals surface area (Å²) in [5.74, 6) is -1.52. The normalized spacial score (nSPS) is 13.3. The molecular weight excluding hydrogens is 568 g/mol. The van der Waals surface area contributed by atoms with Crippen LogP contribution in [0.4, 0.5) is 0 Å². The molecule has 8 N–H and O–H groups in total. The lowest BCUT2D eigenvalue weighted by molar-refractivity contribution is -0.149. The van der Waals surface area contributed by atoms with Gasteiger partial charge >= 0.3 is 5.97 Å². The third kappa shape index (κ3) is 8.17. The highest BCUT2D eigenvalue weighted by Crippen LogP contribution is 2.21. The monoisotopic (exact) mass is 608 g/mol. The molecule has 5 rings (SSSR count). The minimum Gasteiger partial charge on any atom is -0.459 e. The van der Waals surface area contributed by atoms with Gasteiger partial charge in [0, 0.05) is 47.0 Å². The summed E-state index contributed by atoms with van der Waals surface area (Å²) < 4.78 is 5.68. The number of hydrogen-bond acceptors (Lipinski definition) is 6. The second-order valence-corrected chi connectivity index (χ2v) is 11.2. The lowest BCUT2D eigenvalue weighted by atomic mass is 10.0. The van der Waals surface area contributed by atoms with E-state index >= 15 is 0 Å². The summed E-state index contributed by atoms with van der Waals surface area (Å²) in [6.45, 7) is 0.575. The van der Waals surface area contributed by atoms with Gasteiger partial charge in [-0.3, -0.25) is 9.59 Å². The predicted octanol–water partition coefficient (Wildman–Crippen LogP) is 3.60. The molecule has 0 aliphatic heterocycles. The van der Waals surface area contributed by atoms with Crippen molar-refractivity contribution >= 4 is 39.6 Å². The number of fused-ring (bicyclic) bond motifs is 2. The van der Waals surface area contributed by atoms with Gasteiger partial charge in [0.1, 0.15) is 18.7 Å². The average molecular weight is 609 g/mol. The lowest BCUT2D eigenvalue weighted by Gasteiger charge is -2.24. The number of ether oxygens (including phenoxy) is 1. The molecule has 0 spiro atoms. The summed E-state index contributed by atoms with van der Waals surface area (Å²) in [6.07, 6.45) is 5.94. The molecule has 5 aromatic rings. The molecule has 0 aliphatic rings.